The number of benzene rings is 2. The van der Waals surface area contributed by atoms with E-state index in [1.54, 1.807) is 18.2 Å². The van der Waals surface area contributed by atoms with E-state index in [1.165, 1.54) is 23.9 Å². The molecule has 0 saturated heterocycles. The molecular weight excluding hydrogens is 371 g/mol. The van der Waals surface area contributed by atoms with Crippen LogP contribution >= 0.6 is 23.4 Å². The average Bonchev–Trinajstić information content (AvgIpc) is 2.67. The molecule has 0 unspecified atom stereocenters. The van der Waals surface area contributed by atoms with E-state index < -0.39 is 0 Å². The van der Waals surface area contributed by atoms with Crippen LogP contribution in [0.1, 0.15) is 11.1 Å². The molecule has 0 amide bonds. The van der Waals surface area contributed by atoms with E-state index in [0.717, 1.165) is 16.7 Å². The third kappa shape index (κ3) is 2.72. The molecule has 128 valence electrons. The van der Waals surface area contributed by atoms with Crippen LogP contribution in [-0.2, 0) is 6.61 Å². The molecule has 1 aromatic heterocycles. The maximum Gasteiger partial charge on any atom is 0.129 e. The maximum atomic E-state index is 13.8. The first-order chi connectivity index (χ1) is 12.6. The van der Waals surface area contributed by atoms with Crippen LogP contribution in [0.25, 0.3) is 22.4 Å². The molecule has 0 fully saturated rings. The molecule has 6 heteroatoms. The zero-order valence-corrected chi connectivity index (χ0v) is 15.3. The van der Waals surface area contributed by atoms with Gasteiger partial charge >= 0.3 is 0 Å². The Morgan fingerprint density at radius 2 is 2.00 bits per heavy atom. The van der Waals surface area contributed by atoms with Gasteiger partial charge in [-0.3, -0.25) is 0 Å². The second-order valence-electron chi connectivity index (χ2n) is 5.75. The Labute approximate surface area is 159 Å². The lowest BCUT2D eigenvalue weighted by atomic mass is 9.91. The van der Waals surface area contributed by atoms with Crippen LogP contribution in [-0.4, -0.2) is 11.2 Å². The van der Waals surface area contributed by atoms with Gasteiger partial charge in [-0.1, -0.05) is 23.7 Å². The van der Waals surface area contributed by atoms with Crippen molar-refractivity contribution in [1.82, 2.24) is 4.98 Å². The first kappa shape index (κ1) is 16.9. The second kappa shape index (κ2) is 6.64. The minimum Gasteiger partial charge on any atom is -0.488 e. The van der Waals surface area contributed by atoms with Gasteiger partial charge in [0.15, 0.2) is 0 Å². The Hall–Kier alpha value is -2.55. The molecule has 0 N–H and O–H groups in total. The summed E-state index contributed by atoms with van der Waals surface area (Å²) in [7, 11) is 0. The van der Waals surface area contributed by atoms with Gasteiger partial charge in [-0.25, -0.2) is 9.37 Å². The van der Waals surface area contributed by atoms with Crippen molar-refractivity contribution in [3.63, 3.8) is 0 Å². The number of nitriles is 1. The predicted octanol–water partition coefficient (Wildman–Crippen LogP) is 5.69. The molecule has 2 heterocycles. The van der Waals surface area contributed by atoms with Crippen molar-refractivity contribution in [3.8, 4) is 34.2 Å². The molecule has 0 bridgehead atoms. The van der Waals surface area contributed by atoms with Crippen LogP contribution < -0.4 is 4.74 Å². The fourth-order valence-electron chi connectivity index (χ4n) is 3.11. The number of hydrogen-bond donors (Lipinski definition) is 0. The number of halogens is 2. The van der Waals surface area contributed by atoms with Crippen molar-refractivity contribution in [3.05, 3.63) is 64.4 Å². The topological polar surface area (TPSA) is 45.9 Å². The highest BCUT2D eigenvalue weighted by Gasteiger charge is 2.27. The summed E-state index contributed by atoms with van der Waals surface area (Å²) < 4.78 is 19.6. The van der Waals surface area contributed by atoms with E-state index in [2.05, 4.69) is 11.1 Å². The highest BCUT2D eigenvalue weighted by Crippen LogP contribution is 2.44. The van der Waals surface area contributed by atoms with E-state index in [0.29, 0.717) is 32.6 Å². The molecule has 0 saturated carbocycles. The highest BCUT2D eigenvalue weighted by atomic mass is 35.5. The largest absolute Gasteiger partial charge is 0.488 e. The number of fused-ring (bicyclic) bond motifs is 3. The molecule has 3 nitrogen and oxygen atoms in total. The SMILES string of the molecule is CSc1nc2c(c(-c3ccc(Cl)cc3)c1C#N)COc1ccc(F)cc1-2. The summed E-state index contributed by atoms with van der Waals surface area (Å²) in [5.41, 5.74) is 4.12. The van der Waals surface area contributed by atoms with Crippen molar-refractivity contribution in [2.45, 2.75) is 11.6 Å². The van der Waals surface area contributed by atoms with Crippen molar-refractivity contribution in [2.75, 3.05) is 6.26 Å². The standard InChI is InChI=1S/C20H12ClFN2OS/c1-26-20-15(9-23)18(11-2-4-12(21)5-3-11)16-10-25-17-7-6-13(22)8-14(17)19(16)24-20/h2-8H,10H2,1H3. The van der Waals surface area contributed by atoms with E-state index in [9.17, 15) is 9.65 Å². The van der Waals surface area contributed by atoms with Crippen LogP contribution in [0.15, 0.2) is 47.5 Å². The maximum absolute atomic E-state index is 13.8. The van der Waals surface area contributed by atoms with Gasteiger partial charge in [-0.05, 0) is 42.2 Å². The minimum atomic E-state index is -0.356. The molecule has 1 aliphatic rings. The number of aromatic nitrogens is 1. The van der Waals surface area contributed by atoms with Gasteiger partial charge in [0.25, 0.3) is 0 Å². The highest BCUT2D eigenvalue weighted by molar-refractivity contribution is 7.98. The zero-order valence-electron chi connectivity index (χ0n) is 13.7. The van der Waals surface area contributed by atoms with E-state index in [1.807, 2.05) is 18.4 Å². The van der Waals surface area contributed by atoms with Crippen LogP contribution in [0.5, 0.6) is 5.75 Å². The summed E-state index contributed by atoms with van der Waals surface area (Å²) in [6.07, 6.45) is 1.87. The summed E-state index contributed by atoms with van der Waals surface area (Å²) in [5.74, 6) is 0.232. The molecule has 3 aromatic rings. The third-order valence-electron chi connectivity index (χ3n) is 4.27. The molecule has 4 rings (SSSR count). The van der Waals surface area contributed by atoms with Gasteiger partial charge in [0.05, 0.1) is 11.3 Å². The van der Waals surface area contributed by atoms with Crippen molar-refractivity contribution >= 4 is 23.4 Å². The Balaban J connectivity index is 2.07. The van der Waals surface area contributed by atoms with Crippen LogP contribution in [0.4, 0.5) is 4.39 Å². The Morgan fingerprint density at radius 1 is 1.23 bits per heavy atom. The van der Waals surface area contributed by atoms with Gasteiger partial charge in [-0.2, -0.15) is 5.26 Å². The average molecular weight is 383 g/mol. The van der Waals surface area contributed by atoms with Crippen LogP contribution in [0.2, 0.25) is 5.02 Å². The summed E-state index contributed by atoms with van der Waals surface area (Å²) in [6, 6.07) is 13.9. The van der Waals surface area contributed by atoms with E-state index in [-0.39, 0.29) is 12.4 Å². The van der Waals surface area contributed by atoms with Crippen molar-refractivity contribution in [1.29, 1.82) is 5.26 Å². The fourth-order valence-corrected chi connectivity index (χ4v) is 3.77. The molecule has 2 aromatic carbocycles. The van der Waals surface area contributed by atoms with E-state index in [4.69, 9.17) is 16.3 Å². The lowest BCUT2D eigenvalue weighted by Crippen LogP contribution is -2.11. The second-order valence-corrected chi connectivity index (χ2v) is 6.98. The first-order valence-electron chi connectivity index (χ1n) is 7.82. The summed E-state index contributed by atoms with van der Waals surface area (Å²) in [6.45, 7) is 0.266. The van der Waals surface area contributed by atoms with Gasteiger partial charge in [-0.15, -0.1) is 11.8 Å². The normalized spacial score (nSPS) is 11.9. The van der Waals surface area contributed by atoms with Gasteiger partial charge in [0.2, 0.25) is 0 Å². The van der Waals surface area contributed by atoms with Crippen LogP contribution in [0, 0.1) is 17.1 Å². The number of hydrogen-bond acceptors (Lipinski definition) is 4. The third-order valence-corrected chi connectivity index (χ3v) is 5.21. The summed E-state index contributed by atoms with van der Waals surface area (Å²) in [4.78, 5) is 4.66. The fraction of sp³-hybridized carbons (Fsp3) is 0.100. The van der Waals surface area contributed by atoms with Gasteiger partial charge in [0.1, 0.15) is 29.3 Å². The van der Waals surface area contributed by atoms with Gasteiger partial charge < -0.3 is 4.74 Å². The molecule has 0 spiro atoms. The van der Waals surface area contributed by atoms with E-state index >= 15 is 0 Å². The molecular formula is C20H12ClFN2OS. The summed E-state index contributed by atoms with van der Waals surface area (Å²) >= 11 is 7.40. The number of thioether (sulfide) groups is 1. The number of rotatable bonds is 2. The molecule has 0 atom stereocenters. The van der Waals surface area contributed by atoms with Gasteiger partial charge in [0, 0.05) is 21.7 Å². The van der Waals surface area contributed by atoms with Crippen LogP contribution in [0.3, 0.4) is 0 Å². The zero-order chi connectivity index (χ0) is 18.3. The molecule has 0 radical (unpaired) electrons. The number of pyridine rings is 1. The Morgan fingerprint density at radius 3 is 2.69 bits per heavy atom. The predicted molar refractivity (Wildman–Crippen MR) is 101 cm³/mol. The monoisotopic (exact) mass is 382 g/mol. The molecule has 1 aliphatic heterocycles. The minimum absolute atomic E-state index is 0.266. The summed E-state index contributed by atoms with van der Waals surface area (Å²) in [5, 5.41) is 11.0. The smallest absolute Gasteiger partial charge is 0.129 e. The lowest BCUT2D eigenvalue weighted by molar-refractivity contribution is 0.301. The number of ether oxygens (including phenoxy) is 1. The first-order valence-corrected chi connectivity index (χ1v) is 9.42. The number of nitrogens with zero attached hydrogens (tertiary/aromatic N) is 2. The molecule has 0 aliphatic carbocycles. The quantitative estimate of drug-likeness (QED) is 0.534. The Bertz CT molecular complexity index is 1060. The molecule has 26 heavy (non-hydrogen) atoms. The van der Waals surface area contributed by atoms with Crippen molar-refractivity contribution < 1.29 is 9.13 Å². The van der Waals surface area contributed by atoms with Crippen molar-refractivity contribution in [2.24, 2.45) is 0 Å². The Kier molecular flexibility index (Phi) is 4.31. The lowest BCUT2D eigenvalue weighted by Gasteiger charge is -2.24.